The highest BCUT2D eigenvalue weighted by molar-refractivity contribution is 8.13. The second-order valence-corrected chi connectivity index (χ2v) is 7.23. The average molecular weight is 319 g/mol. The van der Waals surface area contributed by atoms with Crippen LogP contribution in [-0.4, -0.2) is 21.0 Å². The molecule has 6 heteroatoms. The smallest absolute Gasteiger partial charge is 0.338 e. The average Bonchev–Trinajstić information content (AvgIpc) is 2.36. The quantitative estimate of drug-likeness (QED) is 0.457. The van der Waals surface area contributed by atoms with E-state index in [0.717, 1.165) is 19.3 Å². The van der Waals surface area contributed by atoms with E-state index in [2.05, 4.69) is 6.92 Å². The molecule has 0 unspecified atom stereocenters. The van der Waals surface area contributed by atoms with Gasteiger partial charge in [-0.3, -0.25) is 0 Å². The van der Waals surface area contributed by atoms with E-state index in [0.29, 0.717) is 17.7 Å². The molecular weight excluding hydrogens is 300 g/mol. The fourth-order valence-electron chi connectivity index (χ4n) is 1.80. The minimum absolute atomic E-state index is 0.0420. The Bertz CT molecular complexity index is 593. The first-order chi connectivity index (χ1) is 9.27. The molecule has 1 aromatic carbocycles. The van der Waals surface area contributed by atoms with Gasteiger partial charge in [-0.05, 0) is 43.5 Å². The molecule has 0 fully saturated rings. The number of benzene rings is 1. The Morgan fingerprint density at radius 3 is 2.45 bits per heavy atom. The van der Waals surface area contributed by atoms with Gasteiger partial charge in [-0.2, -0.15) is 0 Å². The Labute approximate surface area is 124 Å². The summed E-state index contributed by atoms with van der Waals surface area (Å²) >= 11 is 0. The Morgan fingerprint density at radius 2 is 1.90 bits per heavy atom. The summed E-state index contributed by atoms with van der Waals surface area (Å²) in [5, 5.41) is 0. The Hall–Kier alpha value is -1.07. The second kappa shape index (κ2) is 7.09. The molecule has 1 aromatic rings. The first-order valence-electron chi connectivity index (χ1n) is 6.50. The minimum Gasteiger partial charge on any atom is -0.462 e. The second-order valence-electron chi connectivity index (χ2n) is 4.70. The van der Waals surface area contributed by atoms with Gasteiger partial charge in [-0.1, -0.05) is 19.8 Å². The van der Waals surface area contributed by atoms with Crippen LogP contribution in [0.25, 0.3) is 0 Å². The van der Waals surface area contributed by atoms with Crippen LogP contribution < -0.4 is 0 Å². The summed E-state index contributed by atoms with van der Waals surface area (Å²) in [6.07, 6.45) is 2.82. The van der Waals surface area contributed by atoms with Crippen molar-refractivity contribution in [2.75, 3.05) is 6.61 Å². The van der Waals surface area contributed by atoms with Crippen LogP contribution in [0.5, 0.6) is 0 Å². The van der Waals surface area contributed by atoms with Crippen LogP contribution in [0.4, 0.5) is 0 Å². The fourth-order valence-corrected chi connectivity index (χ4v) is 3.07. The van der Waals surface area contributed by atoms with Gasteiger partial charge in [0.15, 0.2) is 0 Å². The molecule has 112 valence electrons. The van der Waals surface area contributed by atoms with Crippen LogP contribution in [-0.2, 0) is 13.8 Å². The maximum absolute atomic E-state index is 11.9. The normalized spacial score (nSPS) is 11.4. The fraction of sp³-hybridized carbons (Fsp3) is 0.500. The summed E-state index contributed by atoms with van der Waals surface area (Å²) in [6, 6.07) is 2.88. The number of halogens is 1. The van der Waals surface area contributed by atoms with Crippen molar-refractivity contribution in [1.29, 1.82) is 0 Å². The lowest BCUT2D eigenvalue weighted by Crippen LogP contribution is -2.09. The number of esters is 1. The molecule has 0 N–H and O–H groups in total. The zero-order chi connectivity index (χ0) is 15.3. The highest BCUT2D eigenvalue weighted by atomic mass is 35.7. The Kier molecular flexibility index (Phi) is 6.02. The summed E-state index contributed by atoms with van der Waals surface area (Å²) in [7, 11) is 1.50. The SMILES string of the molecule is CCCCCOC(=O)c1cc(C)c(C)c(S(=O)(=O)Cl)c1. The van der Waals surface area contributed by atoms with E-state index >= 15 is 0 Å². The standard InChI is InChI=1S/C14H19ClO4S/c1-4-5-6-7-19-14(16)12-8-10(2)11(3)13(9-12)20(15,17)18/h8-9H,4-7H2,1-3H3. The molecule has 0 aromatic heterocycles. The molecule has 0 bridgehead atoms. The van der Waals surface area contributed by atoms with Crippen molar-refractivity contribution in [2.45, 2.75) is 44.9 Å². The lowest BCUT2D eigenvalue weighted by Gasteiger charge is -2.10. The van der Waals surface area contributed by atoms with Crippen molar-refractivity contribution < 1.29 is 17.9 Å². The van der Waals surface area contributed by atoms with Gasteiger partial charge in [0.1, 0.15) is 0 Å². The topological polar surface area (TPSA) is 60.4 Å². The number of hydrogen-bond acceptors (Lipinski definition) is 4. The monoisotopic (exact) mass is 318 g/mol. The first kappa shape index (κ1) is 17.0. The number of carbonyl (C=O) groups is 1. The van der Waals surface area contributed by atoms with E-state index in [1.165, 1.54) is 6.07 Å². The number of rotatable bonds is 6. The molecule has 0 aliphatic carbocycles. The van der Waals surface area contributed by atoms with E-state index < -0.39 is 15.0 Å². The molecule has 4 nitrogen and oxygen atoms in total. The first-order valence-corrected chi connectivity index (χ1v) is 8.81. The number of aryl methyl sites for hydroxylation is 1. The highest BCUT2D eigenvalue weighted by Gasteiger charge is 2.19. The molecule has 0 atom stereocenters. The van der Waals surface area contributed by atoms with Crippen molar-refractivity contribution in [2.24, 2.45) is 0 Å². The van der Waals surface area contributed by atoms with E-state index in [-0.39, 0.29) is 10.5 Å². The molecule has 0 aliphatic heterocycles. The molecular formula is C14H19ClO4S. The van der Waals surface area contributed by atoms with Crippen LogP contribution >= 0.6 is 10.7 Å². The van der Waals surface area contributed by atoms with Crippen LogP contribution in [0.15, 0.2) is 17.0 Å². The van der Waals surface area contributed by atoms with E-state index in [1.54, 1.807) is 19.9 Å². The van der Waals surface area contributed by atoms with E-state index in [9.17, 15) is 13.2 Å². The minimum atomic E-state index is -3.88. The van der Waals surface area contributed by atoms with Crippen molar-refractivity contribution in [3.63, 3.8) is 0 Å². The molecule has 0 saturated carbocycles. The summed E-state index contributed by atoms with van der Waals surface area (Å²) in [5.74, 6) is -0.522. The Balaban J connectivity index is 2.97. The van der Waals surface area contributed by atoms with Gasteiger partial charge in [-0.15, -0.1) is 0 Å². The van der Waals surface area contributed by atoms with Crippen molar-refractivity contribution >= 4 is 25.7 Å². The molecule has 0 saturated heterocycles. The third-order valence-electron chi connectivity index (χ3n) is 3.10. The van der Waals surface area contributed by atoms with E-state index in [1.807, 2.05) is 0 Å². The summed E-state index contributed by atoms with van der Waals surface area (Å²) in [4.78, 5) is 11.8. The number of hydrogen-bond donors (Lipinski definition) is 0. The van der Waals surface area contributed by atoms with Crippen LogP contribution in [0, 0.1) is 13.8 Å². The third kappa shape index (κ3) is 4.49. The lowest BCUT2D eigenvalue weighted by atomic mass is 10.1. The van der Waals surface area contributed by atoms with Crippen molar-refractivity contribution in [1.82, 2.24) is 0 Å². The van der Waals surface area contributed by atoms with Gasteiger partial charge in [0.2, 0.25) is 0 Å². The van der Waals surface area contributed by atoms with Gasteiger partial charge in [0.05, 0.1) is 17.1 Å². The van der Waals surface area contributed by atoms with Gasteiger partial charge in [0, 0.05) is 10.7 Å². The summed E-state index contributed by atoms with van der Waals surface area (Å²) in [6.45, 7) is 5.78. The summed E-state index contributed by atoms with van der Waals surface area (Å²) < 4.78 is 28.1. The number of ether oxygens (including phenoxy) is 1. The molecule has 1 rings (SSSR count). The van der Waals surface area contributed by atoms with Gasteiger partial charge >= 0.3 is 5.97 Å². The zero-order valence-corrected chi connectivity index (χ0v) is 13.5. The van der Waals surface area contributed by atoms with Crippen LogP contribution in [0.1, 0.15) is 47.7 Å². The largest absolute Gasteiger partial charge is 0.462 e. The molecule has 0 amide bonds. The maximum atomic E-state index is 11.9. The molecule has 20 heavy (non-hydrogen) atoms. The maximum Gasteiger partial charge on any atom is 0.338 e. The molecule has 0 aliphatic rings. The van der Waals surface area contributed by atoms with Crippen LogP contribution in [0.3, 0.4) is 0 Å². The highest BCUT2D eigenvalue weighted by Crippen LogP contribution is 2.24. The molecule has 0 radical (unpaired) electrons. The zero-order valence-electron chi connectivity index (χ0n) is 11.9. The predicted octanol–water partition coefficient (Wildman–Crippen LogP) is 3.58. The number of carbonyl (C=O) groups excluding carboxylic acids is 1. The summed E-state index contributed by atoms with van der Waals surface area (Å²) in [5.41, 5.74) is 1.44. The van der Waals surface area contributed by atoms with Gasteiger partial charge in [-0.25, -0.2) is 13.2 Å². The predicted molar refractivity (Wildman–Crippen MR) is 78.8 cm³/mol. The lowest BCUT2D eigenvalue weighted by molar-refractivity contribution is 0.0497. The van der Waals surface area contributed by atoms with Crippen molar-refractivity contribution in [3.05, 3.63) is 28.8 Å². The molecule has 0 heterocycles. The van der Waals surface area contributed by atoms with Crippen LogP contribution in [0.2, 0.25) is 0 Å². The molecule has 0 spiro atoms. The van der Waals surface area contributed by atoms with Gasteiger partial charge < -0.3 is 4.74 Å². The number of unbranched alkanes of at least 4 members (excludes halogenated alkanes) is 2. The Morgan fingerprint density at radius 1 is 1.25 bits per heavy atom. The van der Waals surface area contributed by atoms with Crippen molar-refractivity contribution in [3.8, 4) is 0 Å². The third-order valence-corrected chi connectivity index (χ3v) is 4.55. The van der Waals surface area contributed by atoms with Gasteiger partial charge in [0.25, 0.3) is 9.05 Å². The van der Waals surface area contributed by atoms with E-state index in [4.69, 9.17) is 15.4 Å².